The molecule has 0 heterocycles. The minimum Gasteiger partial charge on any atom is -0.393 e. The van der Waals surface area contributed by atoms with Crippen molar-refractivity contribution in [2.45, 2.75) is 64.3 Å². The molecule has 0 spiro atoms. The molecule has 0 aliphatic heterocycles. The van der Waals surface area contributed by atoms with Crippen molar-refractivity contribution in [3.63, 3.8) is 0 Å². The van der Waals surface area contributed by atoms with Gasteiger partial charge in [0.25, 0.3) is 0 Å². The van der Waals surface area contributed by atoms with Gasteiger partial charge in [0, 0.05) is 0 Å². The summed E-state index contributed by atoms with van der Waals surface area (Å²) in [6, 6.07) is 0. The van der Waals surface area contributed by atoms with Crippen LogP contribution in [0, 0.1) is 0 Å². The average Bonchev–Trinajstić information content (AvgIpc) is 1.91. The molecule has 0 radical (unpaired) electrons. The van der Waals surface area contributed by atoms with Crippen LogP contribution in [0.4, 0.5) is 0 Å². The Hall–Kier alpha value is -0.0800. The fourth-order valence-electron chi connectivity index (χ4n) is 1.66. The molecule has 0 saturated heterocycles. The topological polar surface area (TPSA) is 29.5 Å². The maximum absolute atomic E-state index is 9.27. The lowest BCUT2D eigenvalue weighted by Crippen LogP contribution is -2.31. The van der Waals surface area contributed by atoms with Gasteiger partial charge in [-0.25, -0.2) is 0 Å². The molecule has 12 heavy (non-hydrogen) atoms. The molecule has 1 saturated carbocycles. The summed E-state index contributed by atoms with van der Waals surface area (Å²) >= 11 is 0. The predicted octanol–water partition coefficient (Wildman–Crippen LogP) is 2.10. The molecule has 1 fully saturated rings. The van der Waals surface area contributed by atoms with E-state index in [-0.39, 0.29) is 11.7 Å². The van der Waals surface area contributed by atoms with Crippen molar-refractivity contribution in [3.8, 4) is 0 Å². The van der Waals surface area contributed by atoms with Gasteiger partial charge in [0.2, 0.25) is 0 Å². The number of ether oxygens (including phenoxy) is 1. The second-order valence-electron chi connectivity index (χ2n) is 4.66. The summed E-state index contributed by atoms with van der Waals surface area (Å²) in [4.78, 5) is 0. The van der Waals surface area contributed by atoms with Crippen LogP contribution in [0.2, 0.25) is 0 Å². The minimum absolute atomic E-state index is 0.0348. The van der Waals surface area contributed by atoms with E-state index in [1.54, 1.807) is 0 Å². The van der Waals surface area contributed by atoms with E-state index >= 15 is 0 Å². The van der Waals surface area contributed by atoms with E-state index in [0.29, 0.717) is 6.10 Å². The first-order valence-electron chi connectivity index (χ1n) is 4.83. The third-order valence-corrected chi connectivity index (χ3v) is 2.16. The maximum atomic E-state index is 9.27. The highest BCUT2D eigenvalue weighted by Crippen LogP contribution is 2.24. The molecule has 72 valence electrons. The molecule has 2 heteroatoms. The normalized spacial score (nSPS) is 32.0. The molecule has 1 aliphatic carbocycles. The largest absolute Gasteiger partial charge is 0.393 e. The van der Waals surface area contributed by atoms with E-state index in [2.05, 4.69) is 20.8 Å². The van der Waals surface area contributed by atoms with Gasteiger partial charge < -0.3 is 9.84 Å². The van der Waals surface area contributed by atoms with E-state index in [9.17, 15) is 5.11 Å². The van der Waals surface area contributed by atoms with E-state index in [1.165, 1.54) is 0 Å². The quantitative estimate of drug-likeness (QED) is 0.656. The Morgan fingerprint density at radius 1 is 1.08 bits per heavy atom. The van der Waals surface area contributed by atoms with Gasteiger partial charge >= 0.3 is 0 Å². The molecule has 0 aromatic carbocycles. The Bertz CT molecular complexity index is 129. The summed E-state index contributed by atoms with van der Waals surface area (Å²) in [6.45, 7) is 6.24. The van der Waals surface area contributed by atoms with E-state index in [4.69, 9.17) is 4.74 Å². The summed E-state index contributed by atoms with van der Waals surface area (Å²) in [5.41, 5.74) is -0.0348. The molecular weight excluding hydrogens is 152 g/mol. The van der Waals surface area contributed by atoms with Crippen LogP contribution >= 0.6 is 0 Å². The molecule has 1 rings (SSSR count). The third-order valence-electron chi connectivity index (χ3n) is 2.16. The molecule has 2 nitrogen and oxygen atoms in total. The number of aliphatic hydroxyl groups is 1. The van der Waals surface area contributed by atoms with Crippen LogP contribution in [-0.2, 0) is 4.74 Å². The van der Waals surface area contributed by atoms with Crippen LogP contribution < -0.4 is 0 Å². The Labute approximate surface area is 74.9 Å². The number of rotatable bonds is 1. The van der Waals surface area contributed by atoms with Crippen LogP contribution in [0.15, 0.2) is 0 Å². The Balaban J connectivity index is 2.26. The van der Waals surface area contributed by atoms with E-state index in [0.717, 1.165) is 25.7 Å². The van der Waals surface area contributed by atoms with Gasteiger partial charge in [-0.15, -0.1) is 0 Å². The predicted molar refractivity (Wildman–Crippen MR) is 49.1 cm³/mol. The summed E-state index contributed by atoms with van der Waals surface area (Å²) in [6.07, 6.45) is 4.12. The molecule has 0 atom stereocenters. The molecular formula is C10H20O2. The van der Waals surface area contributed by atoms with Crippen molar-refractivity contribution >= 4 is 0 Å². The van der Waals surface area contributed by atoms with Gasteiger partial charge in [0.1, 0.15) is 0 Å². The van der Waals surface area contributed by atoms with Crippen molar-refractivity contribution in [2.75, 3.05) is 0 Å². The zero-order valence-electron chi connectivity index (χ0n) is 8.34. The third kappa shape index (κ3) is 3.55. The van der Waals surface area contributed by atoms with Gasteiger partial charge in [-0.3, -0.25) is 0 Å². The Kier molecular flexibility index (Phi) is 3.13. The first-order chi connectivity index (χ1) is 5.47. The first kappa shape index (κ1) is 10.0. The SMILES string of the molecule is CC(C)(C)O[C@H]1CC[C@@H](O)CC1. The van der Waals surface area contributed by atoms with Crippen molar-refractivity contribution in [2.24, 2.45) is 0 Å². The zero-order valence-corrected chi connectivity index (χ0v) is 8.34. The minimum atomic E-state index is -0.0789. The van der Waals surface area contributed by atoms with Gasteiger partial charge in [-0.2, -0.15) is 0 Å². The zero-order chi connectivity index (χ0) is 9.19. The summed E-state index contributed by atoms with van der Waals surface area (Å²) in [7, 11) is 0. The molecule has 0 amide bonds. The molecule has 0 aromatic rings. The van der Waals surface area contributed by atoms with E-state index in [1.807, 2.05) is 0 Å². The average molecular weight is 172 g/mol. The molecule has 0 aromatic heterocycles. The first-order valence-corrected chi connectivity index (χ1v) is 4.83. The lowest BCUT2D eigenvalue weighted by molar-refractivity contribution is -0.0853. The highest BCUT2D eigenvalue weighted by molar-refractivity contribution is 4.74. The summed E-state index contributed by atoms with van der Waals surface area (Å²) in [5.74, 6) is 0. The van der Waals surface area contributed by atoms with Crippen molar-refractivity contribution in [3.05, 3.63) is 0 Å². The molecule has 1 aliphatic rings. The van der Waals surface area contributed by atoms with Gasteiger partial charge in [-0.1, -0.05) is 0 Å². The molecule has 1 N–H and O–H groups in total. The lowest BCUT2D eigenvalue weighted by Gasteiger charge is -2.31. The Morgan fingerprint density at radius 2 is 1.58 bits per heavy atom. The maximum Gasteiger partial charge on any atom is 0.0602 e. The van der Waals surface area contributed by atoms with Gasteiger partial charge in [-0.05, 0) is 46.5 Å². The van der Waals surface area contributed by atoms with Gasteiger partial charge in [0.05, 0.1) is 17.8 Å². The van der Waals surface area contributed by atoms with E-state index < -0.39 is 0 Å². The van der Waals surface area contributed by atoms with Crippen molar-refractivity contribution in [1.29, 1.82) is 0 Å². The fourth-order valence-corrected chi connectivity index (χ4v) is 1.66. The lowest BCUT2D eigenvalue weighted by atomic mass is 9.94. The van der Waals surface area contributed by atoms with Crippen molar-refractivity contribution in [1.82, 2.24) is 0 Å². The fraction of sp³-hybridized carbons (Fsp3) is 1.00. The van der Waals surface area contributed by atoms with Crippen molar-refractivity contribution < 1.29 is 9.84 Å². The van der Waals surface area contributed by atoms with Crippen LogP contribution in [0.1, 0.15) is 46.5 Å². The number of hydrogen-bond donors (Lipinski definition) is 1. The molecule has 0 bridgehead atoms. The highest BCUT2D eigenvalue weighted by atomic mass is 16.5. The van der Waals surface area contributed by atoms with Gasteiger partial charge in [0.15, 0.2) is 0 Å². The van der Waals surface area contributed by atoms with Crippen LogP contribution in [-0.4, -0.2) is 22.9 Å². The van der Waals surface area contributed by atoms with Crippen LogP contribution in [0.3, 0.4) is 0 Å². The second-order valence-corrected chi connectivity index (χ2v) is 4.66. The summed E-state index contributed by atoms with van der Waals surface area (Å²) < 4.78 is 5.82. The second kappa shape index (κ2) is 3.75. The van der Waals surface area contributed by atoms with Crippen LogP contribution in [0.5, 0.6) is 0 Å². The number of aliphatic hydroxyl groups excluding tert-OH is 1. The van der Waals surface area contributed by atoms with Crippen LogP contribution in [0.25, 0.3) is 0 Å². The monoisotopic (exact) mass is 172 g/mol. The Morgan fingerprint density at radius 3 is 2.00 bits per heavy atom. The molecule has 0 unspecified atom stereocenters. The summed E-state index contributed by atoms with van der Waals surface area (Å²) in [5, 5.41) is 9.27. The smallest absolute Gasteiger partial charge is 0.0602 e. The highest BCUT2D eigenvalue weighted by Gasteiger charge is 2.23. The standard InChI is InChI=1S/C10H20O2/c1-10(2,3)12-9-6-4-8(11)5-7-9/h8-9,11H,4-7H2,1-3H3/t8-,9+. The number of hydrogen-bond acceptors (Lipinski definition) is 2.